The fraction of sp³-hybridized carbons (Fsp3) is 0.571. The summed E-state index contributed by atoms with van der Waals surface area (Å²) in [6.45, 7) is 2.86. The van der Waals surface area contributed by atoms with Gasteiger partial charge in [0, 0.05) is 63.0 Å². The Balaban J connectivity index is 1.35. The molecule has 3 heterocycles. The number of aromatic nitrogens is 3. The highest BCUT2D eigenvalue weighted by Gasteiger charge is 2.38. The van der Waals surface area contributed by atoms with Gasteiger partial charge in [0.2, 0.25) is 11.8 Å². The van der Waals surface area contributed by atoms with Crippen molar-refractivity contribution >= 4 is 34.1 Å². The lowest BCUT2D eigenvalue weighted by molar-refractivity contribution is -0.135. The molecule has 0 aromatic carbocycles. The number of nitrogens with one attached hydrogen (secondary N) is 1. The van der Waals surface area contributed by atoms with Crippen molar-refractivity contribution in [2.75, 3.05) is 36.4 Å². The highest BCUT2D eigenvalue weighted by molar-refractivity contribution is 7.13. The van der Waals surface area contributed by atoms with E-state index in [1.54, 1.807) is 24.8 Å². The van der Waals surface area contributed by atoms with Crippen molar-refractivity contribution in [2.45, 2.75) is 44.9 Å². The van der Waals surface area contributed by atoms with Gasteiger partial charge in [-0.05, 0) is 18.3 Å². The minimum atomic E-state index is -0.237. The first-order chi connectivity index (χ1) is 14.6. The van der Waals surface area contributed by atoms with Crippen molar-refractivity contribution in [1.29, 1.82) is 0 Å². The molecule has 0 radical (unpaired) electrons. The van der Waals surface area contributed by atoms with Gasteiger partial charge in [-0.25, -0.2) is 9.97 Å². The van der Waals surface area contributed by atoms with Gasteiger partial charge in [0.25, 0.3) is 0 Å². The van der Waals surface area contributed by atoms with Crippen molar-refractivity contribution in [3.63, 3.8) is 0 Å². The quantitative estimate of drug-likeness (QED) is 0.761. The van der Waals surface area contributed by atoms with Gasteiger partial charge in [-0.15, -0.1) is 11.3 Å². The molecule has 2 aliphatic rings. The molecule has 0 spiro atoms. The monoisotopic (exact) mass is 428 g/mol. The number of carbonyl (C=O) groups excluding carboxylic acids is 2. The predicted molar refractivity (Wildman–Crippen MR) is 116 cm³/mol. The van der Waals surface area contributed by atoms with Gasteiger partial charge in [-0.3, -0.25) is 14.6 Å². The Morgan fingerprint density at radius 3 is 2.47 bits per heavy atom. The molecule has 0 unspecified atom stereocenters. The molecule has 2 aromatic heterocycles. The van der Waals surface area contributed by atoms with Crippen LogP contribution in [0.25, 0.3) is 0 Å². The van der Waals surface area contributed by atoms with Crippen molar-refractivity contribution in [3.05, 3.63) is 30.2 Å². The molecule has 1 aliphatic carbocycles. The maximum absolute atomic E-state index is 13.2. The topological polar surface area (TPSA) is 91.3 Å². The summed E-state index contributed by atoms with van der Waals surface area (Å²) < 4.78 is 0. The molecule has 1 aliphatic heterocycles. The molecule has 1 saturated heterocycles. The molecule has 4 rings (SSSR count). The van der Waals surface area contributed by atoms with Crippen LogP contribution < -0.4 is 10.2 Å². The first-order valence-electron chi connectivity index (χ1n) is 10.6. The Kier molecular flexibility index (Phi) is 6.56. The van der Waals surface area contributed by atoms with E-state index >= 15 is 0 Å². The van der Waals surface area contributed by atoms with E-state index in [4.69, 9.17) is 0 Å². The lowest BCUT2D eigenvalue weighted by Crippen LogP contribution is -2.50. The van der Waals surface area contributed by atoms with Gasteiger partial charge in [0.05, 0.1) is 6.20 Å². The summed E-state index contributed by atoms with van der Waals surface area (Å²) in [5.41, 5.74) is -0.237. The molecule has 0 bridgehead atoms. The summed E-state index contributed by atoms with van der Waals surface area (Å²) in [6.07, 6.45) is 12.8. The Morgan fingerprint density at radius 2 is 1.80 bits per heavy atom. The number of amides is 2. The van der Waals surface area contributed by atoms with E-state index < -0.39 is 0 Å². The van der Waals surface area contributed by atoms with Gasteiger partial charge < -0.3 is 15.1 Å². The van der Waals surface area contributed by atoms with Crippen LogP contribution >= 0.6 is 11.3 Å². The predicted octanol–water partition coefficient (Wildman–Crippen LogP) is 2.95. The molecule has 160 valence electrons. The average Bonchev–Trinajstić information content (AvgIpc) is 3.28. The maximum atomic E-state index is 13.2. The van der Waals surface area contributed by atoms with Crippen LogP contribution in [0.3, 0.4) is 0 Å². The van der Waals surface area contributed by atoms with E-state index in [0.717, 1.165) is 44.6 Å². The molecular formula is C21H28N6O2S. The number of hydrogen-bond donors (Lipinski definition) is 1. The van der Waals surface area contributed by atoms with E-state index in [2.05, 4.69) is 25.2 Å². The summed E-state index contributed by atoms with van der Waals surface area (Å²) in [7, 11) is 0. The minimum absolute atomic E-state index is 0.0351. The third kappa shape index (κ3) is 5.13. The summed E-state index contributed by atoms with van der Waals surface area (Å²) in [5.74, 6) is 0.983. The van der Waals surface area contributed by atoms with E-state index in [9.17, 15) is 9.59 Å². The summed E-state index contributed by atoms with van der Waals surface area (Å²) >= 11 is 1.41. The number of rotatable bonds is 6. The SMILES string of the molecule is O=C(CC1(CC(=O)N2CCN(c3cnccn3)CC2)CCCCC1)Nc1nccs1. The molecule has 1 saturated carbocycles. The van der Waals surface area contributed by atoms with Crippen molar-refractivity contribution < 1.29 is 9.59 Å². The number of carbonyl (C=O) groups is 2. The second-order valence-corrected chi connectivity index (χ2v) is 9.13. The molecule has 30 heavy (non-hydrogen) atoms. The molecule has 2 fully saturated rings. The highest BCUT2D eigenvalue weighted by Crippen LogP contribution is 2.43. The molecule has 2 aromatic rings. The van der Waals surface area contributed by atoms with Gasteiger partial charge in [-0.1, -0.05) is 19.3 Å². The first kappa shape index (κ1) is 20.7. The lowest BCUT2D eigenvalue weighted by Gasteiger charge is -2.40. The zero-order chi connectivity index (χ0) is 20.8. The van der Waals surface area contributed by atoms with Crippen LogP contribution in [-0.4, -0.2) is 57.8 Å². The fourth-order valence-electron chi connectivity index (χ4n) is 4.58. The third-order valence-corrected chi connectivity index (χ3v) is 6.85. The lowest BCUT2D eigenvalue weighted by atomic mass is 9.69. The molecule has 8 nitrogen and oxygen atoms in total. The van der Waals surface area contributed by atoms with E-state index in [-0.39, 0.29) is 17.2 Å². The van der Waals surface area contributed by atoms with Crippen LogP contribution in [0, 0.1) is 5.41 Å². The third-order valence-electron chi connectivity index (χ3n) is 6.16. The fourth-order valence-corrected chi connectivity index (χ4v) is 5.12. The molecule has 0 atom stereocenters. The van der Waals surface area contributed by atoms with E-state index in [1.165, 1.54) is 17.8 Å². The normalized spacial score (nSPS) is 18.8. The average molecular weight is 429 g/mol. The minimum Gasteiger partial charge on any atom is -0.352 e. The first-order valence-corrected chi connectivity index (χ1v) is 11.5. The van der Waals surface area contributed by atoms with Crippen LogP contribution in [0.2, 0.25) is 0 Å². The van der Waals surface area contributed by atoms with Crippen LogP contribution in [0.5, 0.6) is 0 Å². The Morgan fingerprint density at radius 1 is 1.00 bits per heavy atom. The van der Waals surface area contributed by atoms with Crippen molar-refractivity contribution in [3.8, 4) is 0 Å². The number of anilines is 2. The number of thiazole rings is 1. The van der Waals surface area contributed by atoms with Crippen molar-refractivity contribution in [1.82, 2.24) is 19.9 Å². The second kappa shape index (κ2) is 9.51. The summed E-state index contributed by atoms with van der Waals surface area (Å²) in [6, 6.07) is 0. The smallest absolute Gasteiger partial charge is 0.226 e. The van der Waals surface area contributed by atoms with Crippen LogP contribution in [0.4, 0.5) is 10.9 Å². The Labute approximate surface area is 180 Å². The zero-order valence-corrected chi connectivity index (χ0v) is 17.9. The second-order valence-electron chi connectivity index (χ2n) is 8.23. The van der Waals surface area contributed by atoms with Crippen LogP contribution in [-0.2, 0) is 9.59 Å². The maximum Gasteiger partial charge on any atom is 0.226 e. The highest BCUT2D eigenvalue weighted by atomic mass is 32.1. The summed E-state index contributed by atoms with van der Waals surface area (Å²) in [5, 5.41) is 5.36. The molecule has 9 heteroatoms. The van der Waals surface area contributed by atoms with E-state index in [1.807, 2.05) is 10.3 Å². The Hall–Kier alpha value is -2.55. The van der Waals surface area contributed by atoms with Gasteiger partial charge in [0.15, 0.2) is 5.13 Å². The summed E-state index contributed by atoms with van der Waals surface area (Å²) in [4.78, 5) is 42.5. The van der Waals surface area contributed by atoms with E-state index in [0.29, 0.717) is 31.1 Å². The van der Waals surface area contributed by atoms with Crippen LogP contribution in [0.1, 0.15) is 44.9 Å². The molecule has 1 N–H and O–H groups in total. The van der Waals surface area contributed by atoms with Crippen LogP contribution in [0.15, 0.2) is 30.2 Å². The molecular weight excluding hydrogens is 400 g/mol. The zero-order valence-electron chi connectivity index (χ0n) is 17.1. The van der Waals surface area contributed by atoms with Crippen molar-refractivity contribution in [2.24, 2.45) is 5.41 Å². The Bertz CT molecular complexity index is 830. The largest absolute Gasteiger partial charge is 0.352 e. The van der Waals surface area contributed by atoms with Gasteiger partial charge >= 0.3 is 0 Å². The number of hydrogen-bond acceptors (Lipinski definition) is 7. The standard InChI is InChI=1S/C21H28N6O2S/c28-18(25-20-24-8-13-30-20)14-21(4-2-1-3-5-21)15-19(29)27-11-9-26(10-12-27)17-16-22-6-7-23-17/h6-8,13,16H,1-5,9-12,14-15H2,(H,24,25,28). The van der Waals surface area contributed by atoms with Gasteiger partial charge in [-0.2, -0.15) is 0 Å². The number of nitrogens with zero attached hydrogens (tertiary/aromatic N) is 5. The van der Waals surface area contributed by atoms with Gasteiger partial charge in [0.1, 0.15) is 5.82 Å². The molecule has 2 amide bonds. The number of piperazine rings is 1.